The number of rotatable bonds is 6. The molecule has 0 bridgehead atoms. The largest absolute Gasteiger partial charge is 0.395 e. The zero-order valence-corrected chi connectivity index (χ0v) is 13.4. The fraction of sp³-hybridized carbons (Fsp3) is 0.667. The normalized spacial score (nSPS) is 17.7. The van der Waals surface area contributed by atoms with Crippen LogP contribution in [0.25, 0.3) is 0 Å². The van der Waals surface area contributed by atoms with Crippen LogP contribution in [0.15, 0.2) is 12.1 Å². The first-order valence-electron chi connectivity index (χ1n) is 7.67. The third-order valence-corrected chi connectivity index (χ3v) is 4.09. The molecule has 2 rings (SSSR count). The zero-order chi connectivity index (χ0) is 15.1. The molecule has 2 N–H and O–H groups in total. The second kappa shape index (κ2) is 8.54. The van der Waals surface area contributed by atoms with Gasteiger partial charge >= 0.3 is 0 Å². The number of hydrogen-bond acceptors (Lipinski definition) is 5. The van der Waals surface area contributed by atoms with Crippen LogP contribution in [-0.2, 0) is 6.54 Å². The van der Waals surface area contributed by atoms with Crippen molar-refractivity contribution < 1.29 is 5.11 Å². The molecule has 1 aliphatic heterocycles. The van der Waals surface area contributed by atoms with Crippen molar-refractivity contribution in [2.24, 2.45) is 0 Å². The van der Waals surface area contributed by atoms with Gasteiger partial charge in [-0.25, -0.2) is 4.98 Å². The second-order valence-electron chi connectivity index (χ2n) is 5.35. The molecule has 1 fully saturated rings. The summed E-state index contributed by atoms with van der Waals surface area (Å²) in [6.07, 6.45) is 1.12. The first-order valence-corrected chi connectivity index (χ1v) is 8.05. The molecule has 1 aliphatic rings. The highest BCUT2D eigenvalue weighted by Crippen LogP contribution is 2.19. The highest BCUT2D eigenvalue weighted by molar-refractivity contribution is 6.31. The van der Waals surface area contributed by atoms with Gasteiger partial charge in [0.05, 0.1) is 17.3 Å². The van der Waals surface area contributed by atoms with Crippen molar-refractivity contribution in [1.29, 1.82) is 0 Å². The van der Waals surface area contributed by atoms with E-state index in [-0.39, 0.29) is 6.61 Å². The molecule has 0 spiro atoms. The SMILES string of the molecule is CCNc1ccc(Cl)c(CN2CCCN(CCO)CC2)n1. The first-order chi connectivity index (χ1) is 10.2. The lowest BCUT2D eigenvalue weighted by Gasteiger charge is -2.21. The minimum Gasteiger partial charge on any atom is -0.395 e. The number of aromatic nitrogens is 1. The van der Waals surface area contributed by atoms with Crippen molar-refractivity contribution in [3.8, 4) is 0 Å². The quantitative estimate of drug-likeness (QED) is 0.837. The monoisotopic (exact) mass is 312 g/mol. The summed E-state index contributed by atoms with van der Waals surface area (Å²) in [7, 11) is 0. The Balaban J connectivity index is 1.96. The molecule has 6 heteroatoms. The standard InChI is InChI=1S/C15H25ClN4O/c1-2-17-15-5-4-13(16)14(18-15)12-20-7-3-6-19(8-9-20)10-11-21/h4-5,21H,2-3,6-12H2,1H3,(H,17,18). The molecule has 1 saturated heterocycles. The van der Waals surface area contributed by atoms with Gasteiger partial charge in [-0.3, -0.25) is 9.80 Å². The van der Waals surface area contributed by atoms with Crippen LogP contribution in [0, 0.1) is 0 Å². The number of β-amino-alcohol motifs (C(OH)–C–C–N with tert-alkyl or cyclic N) is 1. The van der Waals surface area contributed by atoms with Gasteiger partial charge in [-0.2, -0.15) is 0 Å². The van der Waals surface area contributed by atoms with Crippen LogP contribution in [0.3, 0.4) is 0 Å². The molecule has 2 heterocycles. The van der Waals surface area contributed by atoms with Gasteiger partial charge in [-0.1, -0.05) is 11.6 Å². The molecule has 1 aromatic heterocycles. The van der Waals surface area contributed by atoms with Gasteiger partial charge < -0.3 is 10.4 Å². The molecule has 0 saturated carbocycles. The van der Waals surface area contributed by atoms with E-state index >= 15 is 0 Å². The summed E-state index contributed by atoms with van der Waals surface area (Å²) in [6, 6.07) is 3.83. The second-order valence-corrected chi connectivity index (χ2v) is 5.76. The van der Waals surface area contributed by atoms with E-state index in [1.807, 2.05) is 12.1 Å². The number of nitrogens with zero attached hydrogens (tertiary/aromatic N) is 3. The maximum absolute atomic E-state index is 9.04. The van der Waals surface area contributed by atoms with Crippen LogP contribution in [0.4, 0.5) is 5.82 Å². The van der Waals surface area contributed by atoms with Crippen molar-refractivity contribution in [3.63, 3.8) is 0 Å². The summed E-state index contributed by atoms with van der Waals surface area (Å²) in [5.74, 6) is 0.883. The number of pyridine rings is 1. The van der Waals surface area contributed by atoms with E-state index < -0.39 is 0 Å². The molecule has 0 radical (unpaired) electrons. The van der Waals surface area contributed by atoms with Gasteiger partial charge in [-0.05, 0) is 38.6 Å². The first kappa shape index (κ1) is 16.5. The average molecular weight is 313 g/mol. The minimum atomic E-state index is 0.234. The van der Waals surface area contributed by atoms with Crippen molar-refractivity contribution in [1.82, 2.24) is 14.8 Å². The van der Waals surface area contributed by atoms with Gasteiger partial charge in [0.2, 0.25) is 0 Å². The molecule has 0 atom stereocenters. The highest BCUT2D eigenvalue weighted by atomic mass is 35.5. The number of aliphatic hydroxyl groups is 1. The Morgan fingerprint density at radius 2 is 2.00 bits per heavy atom. The van der Waals surface area contributed by atoms with E-state index in [4.69, 9.17) is 16.7 Å². The fourth-order valence-corrected chi connectivity index (χ4v) is 2.80. The Morgan fingerprint density at radius 1 is 1.24 bits per heavy atom. The summed E-state index contributed by atoms with van der Waals surface area (Å²) in [5, 5.41) is 13.0. The third kappa shape index (κ3) is 5.11. The molecule has 5 nitrogen and oxygen atoms in total. The van der Waals surface area contributed by atoms with Crippen LogP contribution in [0.2, 0.25) is 5.02 Å². The summed E-state index contributed by atoms with van der Waals surface area (Å²) >= 11 is 6.27. The lowest BCUT2D eigenvalue weighted by Crippen LogP contribution is -2.32. The minimum absolute atomic E-state index is 0.234. The fourth-order valence-electron chi connectivity index (χ4n) is 2.63. The summed E-state index contributed by atoms with van der Waals surface area (Å²) in [5.41, 5.74) is 0.936. The number of aliphatic hydroxyl groups excluding tert-OH is 1. The van der Waals surface area contributed by atoms with E-state index in [0.717, 1.165) is 68.8 Å². The number of halogens is 1. The number of hydrogen-bond donors (Lipinski definition) is 2. The topological polar surface area (TPSA) is 51.6 Å². The molecular weight excluding hydrogens is 288 g/mol. The van der Waals surface area contributed by atoms with Crippen LogP contribution < -0.4 is 5.32 Å². The van der Waals surface area contributed by atoms with Gasteiger partial charge in [0.15, 0.2) is 0 Å². The Morgan fingerprint density at radius 3 is 2.76 bits per heavy atom. The molecule has 0 aliphatic carbocycles. The van der Waals surface area contributed by atoms with Gasteiger partial charge in [0, 0.05) is 32.7 Å². The van der Waals surface area contributed by atoms with Crippen LogP contribution in [-0.4, -0.2) is 65.8 Å². The third-order valence-electron chi connectivity index (χ3n) is 3.75. The maximum atomic E-state index is 9.04. The molecule has 0 unspecified atom stereocenters. The highest BCUT2D eigenvalue weighted by Gasteiger charge is 2.16. The van der Waals surface area contributed by atoms with Crippen LogP contribution in [0.1, 0.15) is 19.0 Å². The Hall–Kier alpha value is -0.880. The molecular formula is C15H25ClN4O. The molecule has 1 aromatic rings. The van der Waals surface area contributed by atoms with Crippen LogP contribution >= 0.6 is 11.6 Å². The Labute approximate surface area is 131 Å². The van der Waals surface area contributed by atoms with Gasteiger partial charge in [0.25, 0.3) is 0 Å². The Kier molecular flexibility index (Phi) is 6.70. The van der Waals surface area contributed by atoms with Crippen molar-refractivity contribution in [2.45, 2.75) is 19.9 Å². The van der Waals surface area contributed by atoms with E-state index in [1.165, 1.54) is 0 Å². The van der Waals surface area contributed by atoms with Crippen molar-refractivity contribution in [2.75, 3.05) is 51.2 Å². The molecule has 118 valence electrons. The summed E-state index contributed by atoms with van der Waals surface area (Å²) in [6.45, 7) is 8.77. The number of nitrogens with one attached hydrogen (secondary N) is 1. The summed E-state index contributed by atoms with van der Waals surface area (Å²) in [4.78, 5) is 9.30. The maximum Gasteiger partial charge on any atom is 0.126 e. The summed E-state index contributed by atoms with van der Waals surface area (Å²) < 4.78 is 0. The van der Waals surface area contributed by atoms with Crippen LogP contribution in [0.5, 0.6) is 0 Å². The average Bonchev–Trinajstić information content (AvgIpc) is 2.69. The lowest BCUT2D eigenvalue weighted by molar-refractivity contribution is 0.195. The smallest absolute Gasteiger partial charge is 0.126 e. The lowest BCUT2D eigenvalue weighted by atomic mass is 10.3. The van der Waals surface area contributed by atoms with Gasteiger partial charge in [0.1, 0.15) is 5.82 Å². The number of anilines is 1. The molecule has 21 heavy (non-hydrogen) atoms. The molecule has 0 aromatic carbocycles. The van der Waals surface area contributed by atoms with E-state index in [0.29, 0.717) is 0 Å². The predicted octanol–water partition coefficient (Wildman–Crippen LogP) is 1.67. The Bertz CT molecular complexity index is 444. The van der Waals surface area contributed by atoms with E-state index in [1.54, 1.807) is 0 Å². The van der Waals surface area contributed by atoms with Gasteiger partial charge in [-0.15, -0.1) is 0 Å². The van der Waals surface area contributed by atoms with E-state index in [9.17, 15) is 0 Å². The van der Waals surface area contributed by atoms with E-state index in [2.05, 4.69) is 27.0 Å². The zero-order valence-electron chi connectivity index (χ0n) is 12.7. The van der Waals surface area contributed by atoms with Crippen molar-refractivity contribution >= 4 is 17.4 Å². The predicted molar refractivity (Wildman–Crippen MR) is 86.8 cm³/mol. The van der Waals surface area contributed by atoms with Crippen molar-refractivity contribution in [3.05, 3.63) is 22.8 Å². The molecule has 0 amide bonds.